The highest BCUT2D eigenvalue weighted by atomic mass is 16.4. The van der Waals surface area contributed by atoms with Gasteiger partial charge in [0.25, 0.3) is 0 Å². The molecule has 0 aromatic heterocycles. The molecule has 5 nitrogen and oxygen atoms in total. The molecule has 0 radical (unpaired) electrons. The van der Waals surface area contributed by atoms with Gasteiger partial charge in [-0.2, -0.15) is 0 Å². The van der Waals surface area contributed by atoms with Gasteiger partial charge >= 0.3 is 5.97 Å². The van der Waals surface area contributed by atoms with E-state index in [0.717, 1.165) is 19.3 Å². The molecule has 0 aliphatic rings. The Morgan fingerprint density at radius 2 is 1.67 bits per heavy atom. The summed E-state index contributed by atoms with van der Waals surface area (Å²) >= 11 is 0. The van der Waals surface area contributed by atoms with Crippen LogP contribution in [0.5, 0.6) is 0 Å². The lowest BCUT2D eigenvalue weighted by atomic mass is 10.1. The van der Waals surface area contributed by atoms with Crippen molar-refractivity contribution in [3.8, 4) is 0 Å². The second-order valence-electron chi connectivity index (χ2n) is 4.77. The zero-order valence-corrected chi connectivity index (χ0v) is 11.8. The minimum absolute atomic E-state index is 0.126. The number of amides is 1. The molecule has 106 valence electrons. The van der Waals surface area contributed by atoms with Crippen LogP contribution in [0, 0.1) is 0 Å². The Hall–Kier alpha value is -1.10. The largest absolute Gasteiger partial charge is 0.480 e. The molecule has 3 atom stereocenters. The highest BCUT2D eigenvalue weighted by molar-refractivity contribution is 5.82. The number of nitrogens with one attached hydrogen (secondary N) is 2. The van der Waals surface area contributed by atoms with Crippen molar-refractivity contribution >= 4 is 11.9 Å². The van der Waals surface area contributed by atoms with E-state index < -0.39 is 18.1 Å². The molecule has 0 fully saturated rings. The second-order valence-corrected chi connectivity index (χ2v) is 4.77. The van der Waals surface area contributed by atoms with Gasteiger partial charge in [0, 0.05) is 6.04 Å². The lowest BCUT2D eigenvalue weighted by Gasteiger charge is -2.21. The lowest BCUT2D eigenvalue weighted by molar-refractivity contribution is -0.140. The van der Waals surface area contributed by atoms with Crippen molar-refractivity contribution in [1.82, 2.24) is 10.6 Å². The van der Waals surface area contributed by atoms with Crippen molar-refractivity contribution in [3.05, 3.63) is 0 Å². The average molecular weight is 258 g/mol. The summed E-state index contributed by atoms with van der Waals surface area (Å²) < 4.78 is 0. The number of carboxylic acids is 1. The van der Waals surface area contributed by atoms with Crippen molar-refractivity contribution in [2.24, 2.45) is 0 Å². The summed E-state index contributed by atoms with van der Waals surface area (Å²) in [5.74, 6) is -1.04. The van der Waals surface area contributed by atoms with Crippen molar-refractivity contribution in [2.75, 3.05) is 0 Å². The summed E-state index contributed by atoms with van der Waals surface area (Å²) in [7, 11) is 0. The molecule has 0 rings (SSSR count). The average Bonchev–Trinajstić information content (AvgIpc) is 2.28. The summed E-state index contributed by atoms with van der Waals surface area (Å²) in [6.07, 6.45) is 3.23. The van der Waals surface area contributed by atoms with Crippen LogP contribution >= 0.6 is 0 Å². The molecular weight excluding hydrogens is 232 g/mol. The third kappa shape index (κ3) is 6.59. The monoisotopic (exact) mass is 258 g/mol. The van der Waals surface area contributed by atoms with Crippen molar-refractivity contribution in [1.29, 1.82) is 0 Å². The standard InChI is InChI=1S/C13H26N2O3/c1-5-7-9(3)14-12(16)10(4)15-11(8-6-2)13(17)18/h9-11,15H,5-8H2,1-4H3,(H,14,16)(H,17,18). The summed E-state index contributed by atoms with van der Waals surface area (Å²) in [6.45, 7) is 7.63. The molecule has 3 N–H and O–H groups in total. The molecule has 3 unspecified atom stereocenters. The maximum Gasteiger partial charge on any atom is 0.320 e. The van der Waals surface area contributed by atoms with Crippen molar-refractivity contribution in [2.45, 2.75) is 71.5 Å². The van der Waals surface area contributed by atoms with Gasteiger partial charge in [0.15, 0.2) is 0 Å². The summed E-state index contributed by atoms with van der Waals surface area (Å²) in [5, 5.41) is 14.7. The van der Waals surface area contributed by atoms with Crippen LogP contribution in [-0.4, -0.2) is 35.1 Å². The number of carbonyl (C=O) groups is 2. The fraction of sp³-hybridized carbons (Fsp3) is 0.846. The van der Waals surface area contributed by atoms with Crippen LogP contribution in [0.15, 0.2) is 0 Å². The third-order valence-electron chi connectivity index (χ3n) is 2.83. The molecule has 0 aromatic carbocycles. The number of hydrogen-bond donors (Lipinski definition) is 3. The molecule has 0 heterocycles. The Balaban J connectivity index is 4.23. The van der Waals surface area contributed by atoms with Crippen LogP contribution in [0.2, 0.25) is 0 Å². The molecule has 0 aliphatic carbocycles. The Bertz CT molecular complexity index is 269. The summed E-state index contributed by atoms with van der Waals surface area (Å²) in [5.41, 5.74) is 0. The fourth-order valence-corrected chi connectivity index (χ4v) is 1.82. The highest BCUT2D eigenvalue weighted by Gasteiger charge is 2.22. The van der Waals surface area contributed by atoms with Crippen LogP contribution in [0.4, 0.5) is 0 Å². The first kappa shape index (κ1) is 16.9. The molecule has 0 aromatic rings. The Kier molecular flexibility index (Phi) is 8.37. The Labute approximate surface area is 109 Å². The zero-order valence-electron chi connectivity index (χ0n) is 11.8. The van der Waals surface area contributed by atoms with Crippen LogP contribution in [0.3, 0.4) is 0 Å². The van der Waals surface area contributed by atoms with Crippen LogP contribution < -0.4 is 10.6 Å². The van der Waals surface area contributed by atoms with E-state index in [1.54, 1.807) is 6.92 Å². The van der Waals surface area contributed by atoms with Crippen molar-refractivity contribution < 1.29 is 14.7 Å². The maximum absolute atomic E-state index is 11.8. The minimum atomic E-state index is -0.905. The van der Waals surface area contributed by atoms with Crippen LogP contribution in [-0.2, 0) is 9.59 Å². The Morgan fingerprint density at radius 3 is 2.11 bits per heavy atom. The number of rotatable bonds is 9. The summed E-state index contributed by atoms with van der Waals surface area (Å²) in [4.78, 5) is 22.8. The van der Waals surface area contributed by atoms with Gasteiger partial charge in [0.2, 0.25) is 5.91 Å². The predicted octanol–water partition coefficient (Wildman–Crippen LogP) is 1.52. The van der Waals surface area contributed by atoms with Gasteiger partial charge in [-0.25, -0.2) is 0 Å². The normalized spacial score (nSPS) is 15.8. The van der Waals surface area contributed by atoms with Crippen LogP contribution in [0.25, 0.3) is 0 Å². The maximum atomic E-state index is 11.8. The first-order valence-electron chi connectivity index (χ1n) is 6.71. The molecule has 0 saturated heterocycles. The van der Waals surface area contributed by atoms with Gasteiger partial charge in [-0.3, -0.25) is 14.9 Å². The number of carbonyl (C=O) groups excluding carboxylic acids is 1. The van der Waals surface area contributed by atoms with E-state index in [9.17, 15) is 9.59 Å². The van der Waals surface area contributed by atoms with E-state index in [1.807, 2.05) is 13.8 Å². The Morgan fingerprint density at radius 1 is 1.11 bits per heavy atom. The lowest BCUT2D eigenvalue weighted by Crippen LogP contribution is -2.51. The van der Waals surface area contributed by atoms with Crippen molar-refractivity contribution in [3.63, 3.8) is 0 Å². The van der Waals surface area contributed by atoms with Gasteiger partial charge in [0.1, 0.15) is 6.04 Å². The SMILES string of the molecule is CCCC(C)NC(=O)C(C)NC(CCC)C(=O)O. The van der Waals surface area contributed by atoms with Gasteiger partial charge in [0.05, 0.1) is 6.04 Å². The molecule has 18 heavy (non-hydrogen) atoms. The molecule has 0 aliphatic heterocycles. The van der Waals surface area contributed by atoms with Gasteiger partial charge in [-0.1, -0.05) is 26.7 Å². The quantitative estimate of drug-likeness (QED) is 0.586. The zero-order chi connectivity index (χ0) is 14.1. The number of hydrogen-bond acceptors (Lipinski definition) is 3. The summed E-state index contributed by atoms with van der Waals surface area (Å²) in [6, 6.07) is -1.02. The van der Waals surface area contributed by atoms with E-state index in [0.29, 0.717) is 6.42 Å². The fourth-order valence-electron chi connectivity index (χ4n) is 1.82. The van der Waals surface area contributed by atoms with Gasteiger partial charge < -0.3 is 10.4 Å². The van der Waals surface area contributed by atoms with Crippen LogP contribution in [0.1, 0.15) is 53.4 Å². The molecule has 0 spiro atoms. The first-order chi connectivity index (χ1) is 8.42. The number of carboxylic acid groups (broad SMARTS) is 1. The van der Waals surface area contributed by atoms with E-state index in [-0.39, 0.29) is 11.9 Å². The highest BCUT2D eigenvalue weighted by Crippen LogP contribution is 2.00. The molecule has 0 saturated carbocycles. The predicted molar refractivity (Wildman–Crippen MR) is 71.4 cm³/mol. The molecule has 0 bridgehead atoms. The number of aliphatic carboxylic acids is 1. The second kappa shape index (κ2) is 8.91. The van der Waals surface area contributed by atoms with Gasteiger partial charge in [-0.15, -0.1) is 0 Å². The first-order valence-corrected chi connectivity index (χ1v) is 6.71. The molecular formula is C13H26N2O3. The van der Waals surface area contributed by atoms with E-state index in [4.69, 9.17) is 5.11 Å². The third-order valence-corrected chi connectivity index (χ3v) is 2.83. The molecule has 1 amide bonds. The van der Waals surface area contributed by atoms with E-state index in [2.05, 4.69) is 17.6 Å². The van der Waals surface area contributed by atoms with Gasteiger partial charge in [-0.05, 0) is 26.7 Å². The molecule has 5 heteroatoms. The smallest absolute Gasteiger partial charge is 0.320 e. The minimum Gasteiger partial charge on any atom is -0.480 e. The van der Waals surface area contributed by atoms with E-state index in [1.165, 1.54) is 0 Å². The topological polar surface area (TPSA) is 78.4 Å². The van der Waals surface area contributed by atoms with E-state index >= 15 is 0 Å².